The molecule has 5 heteroatoms. The van der Waals surface area contributed by atoms with E-state index in [9.17, 15) is 4.79 Å². The molecule has 26 heavy (non-hydrogen) atoms. The largest absolute Gasteiger partial charge is 0.342 e. The van der Waals surface area contributed by atoms with Gasteiger partial charge in [0.1, 0.15) is 4.32 Å². The first-order valence-electron chi connectivity index (χ1n) is 8.38. The van der Waals surface area contributed by atoms with Crippen molar-refractivity contribution in [1.29, 1.82) is 0 Å². The summed E-state index contributed by atoms with van der Waals surface area (Å²) in [6.07, 6.45) is 4.07. The molecule has 3 aromatic rings. The molecule has 1 aliphatic rings. The van der Waals surface area contributed by atoms with Crippen molar-refractivity contribution < 1.29 is 4.79 Å². The molecule has 0 radical (unpaired) electrons. The van der Waals surface area contributed by atoms with Crippen molar-refractivity contribution in [2.75, 3.05) is 7.05 Å². The van der Waals surface area contributed by atoms with Crippen molar-refractivity contribution in [2.24, 2.45) is 0 Å². The van der Waals surface area contributed by atoms with Crippen LogP contribution in [0.1, 0.15) is 16.7 Å². The fourth-order valence-electron chi connectivity index (χ4n) is 3.10. The number of carbonyl (C=O) groups is 1. The molecule has 2 aromatic carbocycles. The lowest BCUT2D eigenvalue weighted by molar-refractivity contribution is -0.121. The van der Waals surface area contributed by atoms with Gasteiger partial charge in [-0.1, -0.05) is 72.0 Å². The van der Waals surface area contributed by atoms with Crippen LogP contribution in [0.4, 0.5) is 0 Å². The van der Waals surface area contributed by atoms with Gasteiger partial charge in [-0.25, -0.2) is 0 Å². The number of fused-ring (bicyclic) bond motifs is 1. The maximum Gasteiger partial charge on any atom is 0.265 e. The number of hydrogen-bond donors (Lipinski definition) is 0. The zero-order valence-electron chi connectivity index (χ0n) is 14.6. The van der Waals surface area contributed by atoms with Gasteiger partial charge in [-0.05, 0) is 24.6 Å². The SMILES string of the molecule is Cc1ccc(Cn2cc(/C=C3/SC(=S)N(C)C3=O)c3ccccc32)cc1. The summed E-state index contributed by atoms with van der Waals surface area (Å²) in [6, 6.07) is 16.9. The van der Waals surface area contributed by atoms with Crippen LogP contribution in [0, 0.1) is 6.92 Å². The van der Waals surface area contributed by atoms with E-state index >= 15 is 0 Å². The number of benzene rings is 2. The van der Waals surface area contributed by atoms with Crippen LogP contribution in [0.25, 0.3) is 17.0 Å². The van der Waals surface area contributed by atoms with Crippen molar-refractivity contribution in [2.45, 2.75) is 13.5 Å². The third-order valence-corrected chi connectivity index (χ3v) is 6.05. The molecule has 1 aliphatic heterocycles. The number of thioether (sulfide) groups is 1. The first kappa shape index (κ1) is 17.1. The highest BCUT2D eigenvalue weighted by Crippen LogP contribution is 2.33. The molecular formula is C21H18N2OS2. The number of aromatic nitrogens is 1. The van der Waals surface area contributed by atoms with E-state index in [2.05, 4.69) is 54.1 Å². The average molecular weight is 379 g/mol. The lowest BCUT2D eigenvalue weighted by atomic mass is 10.1. The summed E-state index contributed by atoms with van der Waals surface area (Å²) >= 11 is 6.59. The highest BCUT2D eigenvalue weighted by atomic mass is 32.2. The topological polar surface area (TPSA) is 25.2 Å². The summed E-state index contributed by atoms with van der Waals surface area (Å²) in [6.45, 7) is 2.89. The number of likely N-dealkylation sites (N-methyl/N-ethyl adjacent to an activating group) is 1. The van der Waals surface area contributed by atoms with Crippen LogP contribution in [0.5, 0.6) is 0 Å². The Morgan fingerprint density at radius 3 is 2.54 bits per heavy atom. The van der Waals surface area contributed by atoms with Crippen LogP contribution in [-0.4, -0.2) is 26.7 Å². The molecule has 0 N–H and O–H groups in total. The number of nitrogens with zero attached hydrogens (tertiary/aromatic N) is 2. The molecule has 2 heterocycles. The maximum absolute atomic E-state index is 12.3. The standard InChI is InChI=1S/C21H18N2OS2/c1-14-7-9-15(10-8-14)12-23-13-16(17-5-3-4-6-18(17)23)11-19-20(24)22(2)21(25)26-19/h3-11,13H,12H2,1-2H3/b19-11+. The third kappa shape index (κ3) is 3.08. The molecule has 1 fully saturated rings. The molecule has 1 aromatic heterocycles. The zero-order chi connectivity index (χ0) is 18.3. The molecule has 0 atom stereocenters. The second kappa shape index (κ2) is 6.74. The number of thiocarbonyl (C=S) groups is 1. The van der Waals surface area contributed by atoms with E-state index in [-0.39, 0.29) is 5.91 Å². The Morgan fingerprint density at radius 2 is 1.85 bits per heavy atom. The van der Waals surface area contributed by atoms with E-state index in [0.717, 1.165) is 23.0 Å². The summed E-state index contributed by atoms with van der Waals surface area (Å²) < 4.78 is 2.84. The number of rotatable bonds is 3. The minimum atomic E-state index is -0.0321. The Hall–Kier alpha value is -2.37. The first-order chi connectivity index (χ1) is 12.5. The number of aryl methyl sites for hydroxylation is 1. The second-order valence-corrected chi connectivity index (χ2v) is 8.13. The highest BCUT2D eigenvalue weighted by Gasteiger charge is 2.29. The van der Waals surface area contributed by atoms with Crippen molar-refractivity contribution in [3.8, 4) is 0 Å². The Morgan fingerprint density at radius 1 is 1.12 bits per heavy atom. The molecule has 0 unspecified atom stereocenters. The van der Waals surface area contributed by atoms with Crippen LogP contribution >= 0.6 is 24.0 Å². The minimum Gasteiger partial charge on any atom is -0.342 e. The van der Waals surface area contributed by atoms with E-state index in [1.165, 1.54) is 27.8 Å². The Labute approximate surface area is 162 Å². The third-order valence-electron chi connectivity index (χ3n) is 4.57. The Balaban J connectivity index is 1.76. The van der Waals surface area contributed by atoms with E-state index in [0.29, 0.717) is 9.23 Å². The van der Waals surface area contributed by atoms with Gasteiger partial charge >= 0.3 is 0 Å². The van der Waals surface area contributed by atoms with E-state index < -0.39 is 0 Å². The summed E-state index contributed by atoms with van der Waals surface area (Å²) in [7, 11) is 1.72. The van der Waals surface area contributed by atoms with Crippen molar-refractivity contribution in [3.63, 3.8) is 0 Å². The molecule has 1 saturated heterocycles. The van der Waals surface area contributed by atoms with Gasteiger partial charge in [0.15, 0.2) is 0 Å². The molecule has 130 valence electrons. The van der Waals surface area contributed by atoms with Gasteiger partial charge in [-0.15, -0.1) is 0 Å². The van der Waals surface area contributed by atoms with Gasteiger partial charge in [0.05, 0.1) is 4.91 Å². The summed E-state index contributed by atoms with van der Waals surface area (Å²) in [5, 5.41) is 1.14. The number of carbonyl (C=O) groups excluding carboxylic acids is 1. The summed E-state index contributed by atoms with van der Waals surface area (Å²) in [5.74, 6) is -0.0321. The summed E-state index contributed by atoms with van der Waals surface area (Å²) in [5.41, 5.74) is 4.71. The molecule has 0 saturated carbocycles. The molecule has 0 bridgehead atoms. The van der Waals surface area contributed by atoms with Gasteiger partial charge in [0.2, 0.25) is 0 Å². The number of hydrogen-bond acceptors (Lipinski definition) is 3. The fraction of sp³-hybridized carbons (Fsp3) is 0.143. The van der Waals surface area contributed by atoms with E-state index in [1.807, 2.05) is 18.2 Å². The van der Waals surface area contributed by atoms with Gasteiger partial charge in [0, 0.05) is 36.3 Å². The van der Waals surface area contributed by atoms with Crippen molar-refractivity contribution in [1.82, 2.24) is 9.47 Å². The molecule has 0 aliphatic carbocycles. The molecule has 3 nitrogen and oxygen atoms in total. The fourth-order valence-corrected chi connectivity index (χ4v) is 4.27. The molecule has 1 amide bonds. The van der Waals surface area contributed by atoms with Gasteiger partial charge in [-0.3, -0.25) is 9.69 Å². The van der Waals surface area contributed by atoms with Crippen LogP contribution in [-0.2, 0) is 11.3 Å². The molecule has 4 rings (SSSR count). The lowest BCUT2D eigenvalue weighted by Gasteiger charge is -2.06. The maximum atomic E-state index is 12.3. The summed E-state index contributed by atoms with van der Waals surface area (Å²) in [4.78, 5) is 14.5. The quantitative estimate of drug-likeness (QED) is 0.482. The smallest absolute Gasteiger partial charge is 0.265 e. The van der Waals surface area contributed by atoms with E-state index in [4.69, 9.17) is 12.2 Å². The van der Waals surface area contributed by atoms with Gasteiger partial charge in [0.25, 0.3) is 5.91 Å². The van der Waals surface area contributed by atoms with E-state index in [1.54, 1.807) is 7.05 Å². The second-order valence-electron chi connectivity index (χ2n) is 6.46. The predicted octanol–water partition coefficient (Wildman–Crippen LogP) is 4.83. The Kier molecular flexibility index (Phi) is 4.42. The molecular weight excluding hydrogens is 360 g/mol. The normalized spacial score (nSPS) is 16.2. The highest BCUT2D eigenvalue weighted by molar-refractivity contribution is 8.26. The molecule has 0 spiro atoms. The number of para-hydroxylation sites is 1. The average Bonchev–Trinajstić information content (AvgIpc) is 3.10. The van der Waals surface area contributed by atoms with Crippen LogP contribution < -0.4 is 0 Å². The van der Waals surface area contributed by atoms with Gasteiger partial charge < -0.3 is 4.57 Å². The zero-order valence-corrected chi connectivity index (χ0v) is 16.2. The first-order valence-corrected chi connectivity index (χ1v) is 9.60. The predicted molar refractivity (Wildman–Crippen MR) is 113 cm³/mol. The van der Waals surface area contributed by atoms with Crippen LogP contribution in [0.3, 0.4) is 0 Å². The minimum absolute atomic E-state index is 0.0321. The monoisotopic (exact) mass is 378 g/mol. The number of amides is 1. The lowest BCUT2D eigenvalue weighted by Crippen LogP contribution is -2.22. The van der Waals surface area contributed by atoms with Crippen molar-refractivity contribution >= 4 is 51.2 Å². The van der Waals surface area contributed by atoms with Crippen LogP contribution in [0.2, 0.25) is 0 Å². The van der Waals surface area contributed by atoms with Crippen LogP contribution in [0.15, 0.2) is 59.6 Å². The van der Waals surface area contributed by atoms with Gasteiger partial charge in [-0.2, -0.15) is 0 Å². The Bertz CT molecular complexity index is 1050. The van der Waals surface area contributed by atoms with Crippen molar-refractivity contribution in [3.05, 3.63) is 76.3 Å².